The molecule has 0 saturated carbocycles. The van der Waals surface area contributed by atoms with E-state index in [0.717, 1.165) is 5.56 Å². The Labute approximate surface area is 132 Å². The number of rotatable bonds is 4. The molecule has 0 spiro atoms. The molecule has 0 fully saturated rings. The second kappa shape index (κ2) is 7.11. The second-order valence-corrected chi connectivity index (χ2v) is 5.13. The van der Waals surface area contributed by atoms with E-state index >= 15 is 0 Å². The number of carbonyl (C=O) groups is 2. The Morgan fingerprint density at radius 3 is 2.77 bits per heavy atom. The van der Waals surface area contributed by atoms with Gasteiger partial charge in [0.15, 0.2) is 0 Å². The van der Waals surface area contributed by atoms with E-state index in [1.807, 2.05) is 0 Å². The van der Waals surface area contributed by atoms with Gasteiger partial charge in [0.05, 0.1) is 18.6 Å². The fourth-order valence-corrected chi connectivity index (χ4v) is 1.93. The Balaban J connectivity index is 1.89. The third-order valence-electron chi connectivity index (χ3n) is 3.04. The standard InChI is InChI=1S/C15H15ClN2O4/c1-9-2-3-11(16)6-12(9)18-15(21)14(20)17-7-13(19)10-4-5-22-8-10/h2-6,8,13,19H,7H2,1H3,(H,17,20)(H,18,21)/t13-/m1/s1. The molecule has 3 N–H and O–H groups in total. The maximum atomic E-state index is 11.8. The van der Waals surface area contributed by atoms with E-state index in [2.05, 4.69) is 10.6 Å². The molecule has 0 aliphatic carbocycles. The van der Waals surface area contributed by atoms with Crippen molar-refractivity contribution in [3.8, 4) is 0 Å². The summed E-state index contributed by atoms with van der Waals surface area (Å²) in [5.74, 6) is -1.67. The molecule has 0 saturated heterocycles. The van der Waals surface area contributed by atoms with Crippen molar-refractivity contribution in [1.82, 2.24) is 5.32 Å². The predicted molar refractivity (Wildman–Crippen MR) is 81.5 cm³/mol. The highest BCUT2D eigenvalue weighted by Gasteiger charge is 2.17. The van der Waals surface area contributed by atoms with Gasteiger partial charge in [0, 0.05) is 22.8 Å². The van der Waals surface area contributed by atoms with Crippen molar-refractivity contribution < 1.29 is 19.1 Å². The zero-order chi connectivity index (χ0) is 16.1. The van der Waals surface area contributed by atoms with Gasteiger partial charge in [-0.25, -0.2) is 0 Å². The number of hydrogen-bond acceptors (Lipinski definition) is 4. The van der Waals surface area contributed by atoms with Crippen LogP contribution >= 0.6 is 11.6 Å². The summed E-state index contributed by atoms with van der Waals surface area (Å²) >= 11 is 5.85. The lowest BCUT2D eigenvalue weighted by Gasteiger charge is -2.11. The van der Waals surface area contributed by atoms with Crippen LogP contribution in [0.25, 0.3) is 0 Å². The van der Waals surface area contributed by atoms with Crippen LogP contribution in [0.15, 0.2) is 41.2 Å². The minimum absolute atomic E-state index is 0.0969. The molecule has 0 radical (unpaired) electrons. The van der Waals surface area contributed by atoms with Crippen molar-refractivity contribution in [2.75, 3.05) is 11.9 Å². The van der Waals surface area contributed by atoms with E-state index in [9.17, 15) is 14.7 Å². The van der Waals surface area contributed by atoms with Gasteiger partial charge in [-0.2, -0.15) is 0 Å². The predicted octanol–water partition coefficient (Wildman–Crippen LogP) is 2.03. The molecular formula is C15H15ClN2O4. The number of halogens is 1. The first kappa shape index (κ1) is 16.1. The lowest BCUT2D eigenvalue weighted by Crippen LogP contribution is -2.37. The number of hydrogen-bond donors (Lipinski definition) is 3. The van der Waals surface area contributed by atoms with Gasteiger partial charge in [-0.15, -0.1) is 0 Å². The van der Waals surface area contributed by atoms with E-state index in [1.165, 1.54) is 12.5 Å². The summed E-state index contributed by atoms with van der Waals surface area (Å²) in [4.78, 5) is 23.5. The highest BCUT2D eigenvalue weighted by molar-refractivity contribution is 6.40. The van der Waals surface area contributed by atoms with Crippen molar-refractivity contribution in [2.45, 2.75) is 13.0 Å². The summed E-state index contributed by atoms with van der Waals surface area (Å²) in [5, 5.41) is 15.1. The van der Waals surface area contributed by atoms with E-state index in [0.29, 0.717) is 16.3 Å². The number of nitrogens with one attached hydrogen (secondary N) is 2. The van der Waals surface area contributed by atoms with Crippen LogP contribution in [0.2, 0.25) is 5.02 Å². The summed E-state index contributed by atoms with van der Waals surface area (Å²) in [6, 6.07) is 6.56. The normalized spacial score (nSPS) is 11.8. The minimum atomic E-state index is -0.941. The Bertz CT molecular complexity index is 670. The smallest absolute Gasteiger partial charge is 0.313 e. The van der Waals surface area contributed by atoms with Crippen LogP contribution in [0, 0.1) is 6.92 Å². The summed E-state index contributed by atoms with van der Waals surface area (Å²) in [6.45, 7) is 1.69. The van der Waals surface area contributed by atoms with Crippen LogP contribution < -0.4 is 10.6 Å². The molecule has 0 bridgehead atoms. The summed E-state index contributed by atoms with van der Waals surface area (Å²) in [7, 11) is 0. The largest absolute Gasteiger partial charge is 0.472 e. The van der Waals surface area contributed by atoms with Crippen LogP contribution in [0.1, 0.15) is 17.2 Å². The van der Waals surface area contributed by atoms with Crippen LogP contribution in [0.4, 0.5) is 5.69 Å². The molecule has 2 rings (SSSR count). The summed E-state index contributed by atoms with van der Waals surface area (Å²) < 4.78 is 4.83. The molecule has 0 aliphatic heterocycles. The van der Waals surface area contributed by atoms with Gasteiger partial charge in [0.2, 0.25) is 0 Å². The molecule has 1 aromatic heterocycles. The third-order valence-corrected chi connectivity index (χ3v) is 3.27. The average molecular weight is 323 g/mol. The first-order chi connectivity index (χ1) is 10.5. The number of furan rings is 1. The minimum Gasteiger partial charge on any atom is -0.472 e. The monoisotopic (exact) mass is 322 g/mol. The van der Waals surface area contributed by atoms with Crippen molar-refractivity contribution in [3.63, 3.8) is 0 Å². The van der Waals surface area contributed by atoms with Gasteiger partial charge in [0.1, 0.15) is 0 Å². The maximum Gasteiger partial charge on any atom is 0.313 e. The van der Waals surface area contributed by atoms with Crippen molar-refractivity contribution >= 4 is 29.1 Å². The van der Waals surface area contributed by atoms with Crippen LogP contribution in [-0.4, -0.2) is 23.5 Å². The van der Waals surface area contributed by atoms with Gasteiger partial charge in [-0.3, -0.25) is 9.59 Å². The van der Waals surface area contributed by atoms with Crippen molar-refractivity contribution in [1.29, 1.82) is 0 Å². The average Bonchev–Trinajstić information content (AvgIpc) is 3.02. The Morgan fingerprint density at radius 1 is 1.32 bits per heavy atom. The number of anilines is 1. The first-order valence-corrected chi connectivity index (χ1v) is 6.90. The van der Waals surface area contributed by atoms with E-state index in [-0.39, 0.29) is 6.54 Å². The molecule has 2 aromatic rings. The van der Waals surface area contributed by atoms with Gasteiger partial charge in [-0.1, -0.05) is 17.7 Å². The fourth-order valence-electron chi connectivity index (χ4n) is 1.76. The molecule has 7 heteroatoms. The zero-order valence-corrected chi connectivity index (χ0v) is 12.6. The quantitative estimate of drug-likeness (QED) is 0.751. The number of aryl methyl sites for hydroxylation is 1. The van der Waals surface area contributed by atoms with Crippen LogP contribution in [0.3, 0.4) is 0 Å². The lowest BCUT2D eigenvalue weighted by atomic mass is 10.2. The Morgan fingerprint density at radius 2 is 2.09 bits per heavy atom. The number of benzene rings is 1. The lowest BCUT2D eigenvalue weighted by molar-refractivity contribution is -0.136. The van der Waals surface area contributed by atoms with Crippen molar-refractivity contribution in [2.24, 2.45) is 0 Å². The first-order valence-electron chi connectivity index (χ1n) is 6.53. The molecule has 116 valence electrons. The maximum absolute atomic E-state index is 11.8. The van der Waals surface area contributed by atoms with E-state index in [1.54, 1.807) is 31.2 Å². The van der Waals surface area contributed by atoms with Gasteiger partial charge in [0.25, 0.3) is 0 Å². The number of carbonyl (C=O) groups excluding carboxylic acids is 2. The van der Waals surface area contributed by atoms with Crippen LogP contribution in [-0.2, 0) is 9.59 Å². The molecule has 6 nitrogen and oxygen atoms in total. The summed E-state index contributed by atoms with van der Waals surface area (Å²) in [5.41, 5.74) is 1.76. The number of aliphatic hydroxyl groups is 1. The highest BCUT2D eigenvalue weighted by Crippen LogP contribution is 2.20. The van der Waals surface area contributed by atoms with Gasteiger partial charge >= 0.3 is 11.8 Å². The molecule has 0 unspecified atom stereocenters. The highest BCUT2D eigenvalue weighted by atomic mass is 35.5. The number of aliphatic hydroxyl groups excluding tert-OH is 1. The molecule has 0 aliphatic rings. The summed E-state index contributed by atoms with van der Waals surface area (Å²) in [6.07, 6.45) is 1.84. The second-order valence-electron chi connectivity index (χ2n) is 4.70. The topological polar surface area (TPSA) is 91.6 Å². The molecule has 1 aromatic carbocycles. The molecule has 2 amide bonds. The van der Waals surface area contributed by atoms with Gasteiger partial charge in [-0.05, 0) is 30.7 Å². The molecular weight excluding hydrogens is 308 g/mol. The number of amides is 2. The zero-order valence-electron chi connectivity index (χ0n) is 11.8. The Hall–Kier alpha value is -2.31. The SMILES string of the molecule is Cc1ccc(Cl)cc1NC(=O)C(=O)NC[C@@H](O)c1ccoc1. The molecule has 22 heavy (non-hydrogen) atoms. The van der Waals surface area contributed by atoms with E-state index in [4.69, 9.17) is 16.0 Å². The van der Waals surface area contributed by atoms with E-state index < -0.39 is 17.9 Å². The molecule has 1 atom stereocenters. The van der Waals surface area contributed by atoms with Crippen molar-refractivity contribution in [3.05, 3.63) is 52.9 Å². The third kappa shape index (κ3) is 4.09. The Kier molecular flexibility index (Phi) is 5.19. The van der Waals surface area contributed by atoms with Gasteiger partial charge < -0.3 is 20.2 Å². The molecule has 1 heterocycles. The van der Waals surface area contributed by atoms with Crippen LogP contribution in [0.5, 0.6) is 0 Å². The fraction of sp³-hybridized carbons (Fsp3) is 0.200.